The van der Waals surface area contributed by atoms with Crippen molar-refractivity contribution in [2.75, 3.05) is 6.61 Å². The Balaban J connectivity index is 0.00000392. The van der Waals surface area contributed by atoms with Crippen LogP contribution in [-0.4, -0.2) is 52.8 Å². The van der Waals surface area contributed by atoms with Crippen molar-refractivity contribution in [3.05, 3.63) is 44.7 Å². The van der Waals surface area contributed by atoms with Crippen molar-refractivity contribution in [1.29, 1.82) is 0 Å². The van der Waals surface area contributed by atoms with E-state index < -0.39 is 0 Å². The number of rotatable bonds is 6. The van der Waals surface area contributed by atoms with Gasteiger partial charge in [-0.2, -0.15) is 0 Å². The summed E-state index contributed by atoms with van der Waals surface area (Å²) in [6, 6.07) is 0. The van der Waals surface area contributed by atoms with Gasteiger partial charge >= 0.3 is 0 Å². The summed E-state index contributed by atoms with van der Waals surface area (Å²) < 4.78 is 0. The van der Waals surface area contributed by atoms with Crippen LogP contribution in [0.1, 0.15) is 78.8 Å². The van der Waals surface area contributed by atoms with E-state index in [1.807, 2.05) is 13.8 Å². The SMILES string of the molecule is CCCC(=NOCC)C1=C(O)CC(c2c(C)c(C)c(C)c(C)c2C)CC1=O.[Na]. The summed E-state index contributed by atoms with van der Waals surface area (Å²) in [5.41, 5.74) is 8.50. The quantitative estimate of drug-likeness (QED) is 0.405. The zero-order chi connectivity index (χ0) is 20.3. The maximum Gasteiger partial charge on any atom is 0.168 e. The largest absolute Gasteiger partial charge is 0.511 e. The molecule has 149 valence electrons. The molecule has 0 bridgehead atoms. The summed E-state index contributed by atoms with van der Waals surface area (Å²) in [7, 11) is 0. The molecule has 1 radical (unpaired) electrons. The fraction of sp³-hybridized carbons (Fsp3) is 0.565. The van der Waals surface area contributed by atoms with E-state index in [1.165, 1.54) is 33.4 Å². The zero-order valence-electron chi connectivity index (χ0n) is 18.8. The molecule has 0 saturated carbocycles. The average Bonchev–Trinajstić information content (AvgIpc) is 2.62. The van der Waals surface area contributed by atoms with E-state index in [2.05, 4.69) is 39.8 Å². The molecule has 1 aliphatic carbocycles. The first-order valence-electron chi connectivity index (χ1n) is 9.95. The Labute approximate surface area is 191 Å². The first-order valence-corrected chi connectivity index (χ1v) is 9.95. The Kier molecular flexibility index (Phi) is 9.45. The molecule has 5 heteroatoms. The summed E-state index contributed by atoms with van der Waals surface area (Å²) in [4.78, 5) is 18.2. The van der Waals surface area contributed by atoms with Crippen molar-refractivity contribution in [3.8, 4) is 0 Å². The van der Waals surface area contributed by atoms with Gasteiger partial charge in [0.05, 0.1) is 11.3 Å². The molecule has 1 unspecified atom stereocenters. The van der Waals surface area contributed by atoms with Crippen molar-refractivity contribution in [3.63, 3.8) is 0 Å². The van der Waals surface area contributed by atoms with Gasteiger partial charge in [-0.15, -0.1) is 0 Å². The van der Waals surface area contributed by atoms with Crippen molar-refractivity contribution >= 4 is 41.1 Å². The third-order valence-corrected chi connectivity index (χ3v) is 5.98. The van der Waals surface area contributed by atoms with Crippen LogP contribution in [0, 0.1) is 34.6 Å². The maximum absolute atomic E-state index is 13.0. The smallest absolute Gasteiger partial charge is 0.168 e. The average molecular weight is 395 g/mol. The van der Waals surface area contributed by atoms with Crippen molar-refractivity contribution in [2.24, 2.45) is 5.16 Å². The summed E-state index contributed by atoms with van der Waals surface area (Å²) in [5, 5.41) is 14.9. The number of Topliss-reactive ketones (excluding diaryl/α,β-unsaturated/α-hetero) is 1. The molecule has 1 atom stereocenters. The predicted molar refractivity (Wildman–Crippen MR) is 116 cm³/mol. The summed E-state index contributed by atoms with van der Waals surface area (Å²) in [5.74, 6) is 0.123. The molecule has 0 fully saturated rings. The Bertz CT molecular complexity index is 780. The fourth-order valence-corrected chi connectivity index (χ4v) is 4.16. The second-order valence-electron chi connectivity index (χ2n) is 7.59. The molecular weight excluding hydrogens is 361 g/mol. The van der Waals surface area contributed by atoms with Crippen LogP contribution in [0.2, 0.25) is 0 Å². The normalized spacial score (nSPS) is 17.6. The number of hydrogen-bond acceptors (Lipinski definition) is 4. The Morgan fingerprint density at radius 2 is 1.54 bits per heavy atom. The Hall–Kier alpha value is -1.10. The number of allylic oxidation sites excluding steroid dienone is 2. The van der Waals surface area contributed by atoms with Crippen LogP contribution in [0.5, 0.6) is 0 Å². The number of hydrogen-bond donors (Lipinski definition) is 1. The standard InChI is InChI=1S/C23H33NO3.Na/c1-8-10-19(24-27-9-2)23-20(25)11-18(12-21(23)26)22-16(6)14(4)13(3)15(5)17(22)7;/h18,25H,8-12H2,1-7H3;. The number of benzene rings is 1. The number of oxime groups is 1. The van der Waals surface area contributed by atoms with Gasteiger partial charge in [0.1, 0.15) is 12.4 Å². The van der Waals surface area contributed by atoms with Gasteiger partial charge in [-0.1, -0.05) is 18.5 Å². The number of aliphatic hydroxyl groups is 1. The predicted octanol–water partition coefficient (Wildman–Crippen LogP) is 5.30. The van der Waals surface area contributed by atoms with Gasteiger partial charge in [0, 0.05) is 42.4 Å². The molecule has 0 aromatic heterocycles. The van der Waals surface area contributed by atoms with E-state index in [0.717, 1.165) is 6.42 Å². The maximum atomic E-state index is 13.0. The molecule has 2 rings (SSSR count). The number of carbonyl (C=O) groups excluding carboxylic acids is 1. The van der Waals surface area contributed by atoms with Gasteiger partial charge in [0.2, 0.25) is 0 Å². The minimum atomic E-state index is -0.0367. The number of ketones is 1. The molecule has 1 aromatic rings. The van der Waals surface area contributed by atoms with Crippen molar-refractivity contribution < 1.29 is 14.7 Å². The summed E-state index contributed by atoms with van der Waals surface area (Å²) >= 11 is 0. The molecular formula is C23H33NNaO3. The van der Waals surface area contributed by atoms with E-state index in [9.17, 15) is 9.90 Å². The molecule has 1 aromatic carbocycles. The first kappa shape index (κ1) is 24.9. The van der Waals surface area contributed by atoms with Crippen LogP contribution in [0.3, 0.4) is 0 Å². The molecule has 1 aliphatic rings. The molecule has 4 nitrogen and oxygen atoms in total. The molecule has 0 heterocycles. The minimum Gasteiger partial charge on any atom is -0.511 e. The zero-order valence-corrected chi connectivity index (χ0v) is 20.8. The number of aliphatic hydroxyl groups excluding tert-OH is 1. The van der Waals surface area contributed by atoms with Gasteiger partial charge in [-0.05, 0) is 87.3 Å². The molecule has 0 aliphatic heterocycles. The van der Waals surface area contributed by atoms with E-state index >= 15 is 0 Å². The van der Waals surface area contributed by atoms with Crippen molar-refractivity contribution in [2.45, 2.75) is 80.1 Å². The van der Waals surface area contributed by atoms with Crippen LogP contribution >= 0.6 is 0 Å². The van der Waals surface area contributed by atoms with Gasteiger partial charge in [-0.25, -0.2) is 0 Å². The van der Waals surface area contributed by atoms with Crippen LogP contribution < -0.4 is 0 Å². The van der Waals surface area contributed by atoms with Gasteiger partial charge < -0.3 is 9.94 Å². The summed E-state index contributed by atoms with van der Waals surface area (Å²) in [6.45, 7) is 15.0. The topological polar surface area (TPSA) is 58.9 Å². The van der Waals surface area contributed by atoms with E-state index in [-0.39, 0.29) is 47.0 Å². The Morgan fingerprint density at radius 3 is 2.00 bits per heavy atom. The molecule has 0 saturated heterocycles. The van der Waals surface area contributed by atoms with Gasteiger partial charge in [0.25, 0.3) is 0 Å². The molecule has 28 heavy (non-hydrogen) atoms. The Morgan fingerprint density at radius 1 is 1.00 bits per heavy atom. The number of carbonyl (C=O) groups is 1. The van der Waals surface area contributed by atoms with Gasteiger partial charge in [-0.3, -0.25) is 4.79 Å². The van der Waals surface area contributed by atoms with Crippen molar-refractivity contribution in [1.82, 2.24) is 0 Å². The van der Waals surface area contributed by atoms with Gasteiger partial charge in [0.15, 0.2) is 5.78 Å². The third-order valence-electron chi connectivity index (χ3n) is 5.98. The molecule has 1 N–H and O–H groups in total. The second-order valence-corrected chi connectivity index (χ2v) is 7.59. The monoisotopic (exact) mass is 394 g/mol. The third kappa shape index (κ3) is 4.90. The van der Waals surface area contributed by atoms with Crippen LogP contribution in [0.25, 0.3) is 0 Å². The van der Waals surface area contributed by atoms with E-state index in [0.29, 0.717) is 37.2 Å². The number of nitrogens with zero attached hydrogens (tertiary/aromatic N) is 1. The second kappa shape index (κ2) is 10.6. The van der Waals surface area contributed by atoms with E-state index in [1.54, 1.807) is 0 Å². The molecule has 0 amide bonds. The molecule has 0 spiro atoms. The summed E-state index contributed by atoms with van der Waals surface area (Å²) in [6.07, 6.45) is 2.34. The van der Waals surface area contributed by atoms with E-state index in [4.69, 9.17) is 4.84 Å². The van der Waals surface area contributed by atoms with Crippen LogP contribution in [0.15, 0.2) is 16.5 Å². The fourth-order valence-electron chi connectivity index (χ4n) is 4.16. The minimum absolute atomic E-state index is 0. The van der Waals surface area contributed by atoms with Crippen LogP contribution in [-0.2, 0) is 9.63 Å². The first-order chi connectivity index (χ1) is 12.7. The van der Waals surface area contributed by atoms with Crippen LogP contribution in [0.4, 0.5) is 0 Å².